The molecule has 0 saturated carbocycles. The molecule has 0 amide bonds. The van der Waals surface area contributed by atoms with Gasteiger partial charge in [0.25, 0.3) is 0 Å². The van der Waals surface area contributed by atoms with Gasteiger partial charge in [-0.15, -0.1) is 0 Å². The molecule has 0 fully saturated rings. The van der Waals surface area contributed by atoms with Gasteiger partial charge in [0.2, 0.25) is 0 Å². The molecule has 3 rings (SSSR count). The molecule has 50 heavy (non-hydrogen) atoms. The van der Waals surface area contributed by atoms with Crippen molar-refractivity contribution in [3.8, 4) is 0 Å². The molecule has 0 aromatic heterocycles. The van der Waals surface area contributed by atoms with E-state index in [0.717, 1.165) is 16.0 Å². The van der Waals surface area contributed by atoms with E-state index in [2.05, 4.69) is 183 Å². The number of fused-ring (bicyclic) bond motifs is 3. The Kier molecular flexibility index (Phi) is 12.6. The molecule has 3 aliphatic rings. The van der Waals surface area contributed by atoms with E-state index in [1.54, 1.807) is 11.1 Å². The monoisotopic (exact) mass is 946 g/mol. The second-order valence-electron chi connectivity index (χ2n) is 25.9. The van der Waals surface area contributed by atoms with Gasteiger partial charge in [0, 0.05) is 0 Å². The van der Waals surface area contributed by atoms with Crippen molar-refractivity contribution < 1.29 is 7.53 Å². The summed E-state index contributed by atoms with van der Waals surface area (Å²) in [5.74, 6) is 2.73. The van der Waals surface area contributed by atoms with Crippen LogP contribution in [0.2, 0.25) is 183 Å². The van der Waals surface area contributed by atoms with Gasteiger partial charge in [0.15, 0.2) is 0 Å². The van der Waals surface area contributed by atoms with Gasteiger partial charge in [-0.25, -0.2) is 0 Å². The van der Waals surface area contributed by atoms with Crippen molar-refractivity contribution >= 4 is 91.8 Å². The van der Waals surface area contributed by atoms with Crippen LogP contribution in [0.5, 0.6) is 0 Å². The van der Waals surface area contributed by atoms with Crippen molar-refractivity contribution in [2.45, 2.75) is 196 Å². The second kappa shape index (κ2) is 13.6. The van der Waals surface area contributed by atoms with Crippen LogP contribution >= 0.6 is 0 Å². The minimum atomic E-state index is -3.42. The summed E-state index contributed by atoms with van der Waals surface area (Å²) < 4.78 is 21.5. The first-order valence-corrected chi connectivity index (χ1v) is 57.8. The molecular formula is C38H86Ge2O2Si8. The molecule has 0 aromatic rings. The summed E-state index contributed by atoms with van der Waals surface area (Å²) in [5, 5.41) is 0. The van der Waals surface area contributed by atoms with Crippen molar-refractivity contribution in [1.82, 2.24) is 0 Å². The standard InChI is InChI=1S/C38H86Ge2O2Si8/c1-29-31-27-28-32-30(2)42-40(37(47(15,16)17)48(18,19)20,38(49(21,22)23)50(24,25)26)34(32)33(31)39(41-29,35(43(3,4)5)44(6,7)8)36(45(9,10)11)46(12,13)14/h27-28,33-38H,1-26H3/t33-,34-/m0/s1. The number of rotatable bonds is 12. The van der Waals surface area contributed by atoms with Crippen LogP contribution in [0.15, 0.2) is 34.8 Å². The molecule has 2 atom stereocenters. The fourth-order valence-electron chi connectivity index (χ4n) is 15.1. The van der Waals surface area contributed by atoms with E-state index in [9.17, 15) is 0 Å². The van der Waals surface area contributed by atoms with E-state index in [1.165, 1.54) is 11.5 Å². The summed E-state index contributed by atoms with van der Waals surface area (Å²) >= 11 is -6.85. The molecule has 2 nitrogen and oxygen atoms in total. The molecule has 2 heterocycles. The molecule has 12 heteroatoms. The molecule has 0 saturated heterocycles. The van der Waals surface area contributed by atoms with Crippen molar-refractivity contribution in [2.75, 3.05) is 0 Å². The van der Waals surface area contributed by atoms with Gasteiger partial charge in [-0.1, -0.05) is 0 Å². The zero-order valence-corrected chi connectivity index (χ0v) is 50.6. The van der Waals surface area contributed by atoms with Gasteiger partial charge >= 0.3 is 331 Å². The van der Waals surface area contributed by atoms with Crippen molar-refractivity contribution in [2.24, 2.45) is 0 Å². The predicted molar refractivity (Wildman–Crippen MR) is 257 cm³/mol. The van der Waals surface area contributed by atoms with Crippen LogP contribution in [0, 0.1) is 0 Å². The van der Waals surface area contributed by atoms with E-state index in [0.29, 0.717) is 9.50 Å². The molecule has 0 spiro atoms. The molecule has 1 aliphatic carbocycles. The Morgan fingerprint density at radius 3 is 0.660 bits per heavy atom. The zero-order chi connectivity index (χ0) is 39.6. The van der Waals surface area contributed by atoms with Crippen LogP contribution in [-0.2, 0) is 7.53 Å². The van der Waals surface area contributed by atoms with E-state index < -0.39 is 91.8 Å². The molecule has 0 bridgehead atoms. The predicted octanol–water partition coefficient (Wildman–Crippen LogP) is 14.3. The van der Waals surface area contributed by atoms with Crippen LogP contribution in [-0.4, -0.2) is 91.8 Å². The van der Waals surface area contributed by atoms with Gasteiger partial charge in [0.1, 0.15) is 0 Å². The van der Waals surface area contributed by atoms with E-state index in [1.807, 2.05) is 0 Å². The first-order chi connectivity index (χ1) is 21.7. The second-order valence-corrected chi connectivity index (χ2v) is 95.8. The third kappa shape index (κ3) is 8.07. The molecule has 0 aromatic carbocycles. The molecule has 0 radical (unpaired) electrons. The zero-order valence-electron chi connectivity index (χ0n) is 38.4. The van der Waals surface area contributed by atoms with E-state index in [4.69, 9.17) is 7.53 Å². The summed E-state index contributed by atoms with van der Waals surface area (Å²) in [7, 11) is -13.5. The van der Waals surface area contributed by atoms with Crippen LogP contribution in [0.25, 0.3) is 0 Å². The van der Waals surface area contributed by atoms with E-state index >= 15 is 0 Å². The molecule has 0 unspecified atom stereocenters. The van der Waals surface area contributed by atoms with Gasteiger partial charge in [-0.3, -0.25) is 0 Å². The first-order valence-electron chi connectivity index (χ1n) is 20.2. The average molecular weight is 945 g/mol. The maximum absolute atomic E-state index is 8.42. The third-order valence-electron chi connectivity index (χ3n) is 12.6. The van der Waals surface area contributed by atoms with Gasteiger partial charge in [-0.05, 0) is 0 Å². The number of hydrogen-bond acceptors (Lipinski definition) is 2. The molecular weight excluding hydrogens is 858 g/mol. The van der Waals surface area contributed by atoms with Crippen molar-refractivity contribution in [3.63, 3.8) is 0 Å². The maximum atomic E-state index is 8.42. The molecule has 0 N–H and O–H groups in total. The van der Waals surface area contributed by atoms with Crippen molar-refractivity contribution in [1.29, 1.82) is 0 Å². The van der Waals surface area contributed by atoms with E-state index in [-0.39, 0.29) is 0 Å². The quantitative estimate of drug-likeness (QED) is 0.182. The van der Waals surface area contributed by atoms with Gasteiger partial charge in [-0.2, -0.15) is 0 Å². The Bertz CT molecular complexity index is 1170. The SMILES string of the molecule is CC1=C2C=CC3=C(C)[O][Ge]([CH]([Si](C)(C)C)[Si](C)(C)C)([CH]([Si](C)(C)C)[Si](C)(C)C)[C@@H]3[C@H]2[Ge]([CH]([Si](C)(C)C)[Si](C)(C)C)([CH]([Si](C)(C)C)[Si](C)(C)C)[O]1. The van der Waals surface area contributed by atoms with Crippen LogP contribution < -0.4 is 0 Å². The van der Waals surface area contributed by atoms with Crippen LogP contribution in [0.3, 0.4) is 0 Å². The van der Waals surface area contributed by atoms with Crippen LogP contribution in [0.1, 0.15) is 13.8 Å². The molecule has 2 aliphatic heterocycles. The number of hydrogen-bond donors (Lipinski definition) is 0. The summed E-state index contributed by atoms with van der Waals surface area (Å²) in [6.07, 6.45) is 5.27. The topological polar surface area (TPSA) is 18.5 Å². The van der Waals surface area contributed by atoms with Gasteiger partial charge < -0.3 is 0 Å². The van der Waals surface area contributed by atoms with Crippen LogP contribution in [0.4, 0.5) is 0 Å². The summed E-state index contributed by atoms with van der Waals surface area (Å²) in [6, 6.07) is 0. The fraction of sp³-hybridized carbons (Fsp3) is 0.842. The Morgan fingerprint density at radius 2 is 0.520 bits per heavy atom. The normalized spacial score (nSPS) is 23.7. The summed E-state index contributed by atoms with van der Waals surface area (Å²) in [4.78, 5) is 0. The third-order valence-corrected chi connectivity index (χ3v) is 128. The summed E-state index contributed by atoms with van der Waals surface area (Å²) in [5.41, 5.74) is 3.37. The minimum absolute atomic E-state index is 0.616. The Labute approximate surface area is 327 Å². The Hall–Kier alpha value is 1.64. The Balaban J connectivity index is 2.83. The van der Waals surface area contributed by atoms with Gasteiger partial charge in [0.05, 0.1) is 0 Å². The van der Waals surface area contributed by atoms with Crippen molar-refractivity contribution in [3.05, 3.63) is 34.8 Å². The Morgan fingerprint density at radius 1 is 0.360 bits per heavy atom. The number of allylic oxidation sites excluding steroid dienone is 6. The summed E-state index contributed by atoms with van der Waals surface area (Å²) in [6.45, 7) is 71.7. The molecule has 290 valence electrons. The average Bonchev–Trinajstić information content (AvgIpc) is 3.16. The first kappa shape index (κ1) is 46.0. The fourth-order valence-corrected chi connectivity index (χ4v) is 180.